The van der Waals surface area contributed by atoms with Gasteiger partial charge in [-0.15, -0.1) is 0 Å². The Morgan fingerprint density at radius 3 is 2.79 bits per heavy atom. The summed E-state index contributed by atoms with van der Waals surface area (Å²) in [6, 6.07) is 9.92. The lowest BCUT2D eigenvalue weighted by Crippen LogP contribution is -1.93. The maximum atomic E-state index is 5.16. The van der Waals surface area contributed by atoms with Crippen LogP contribution >= 0.6 is 0 Å². The quantitative estimate of drug-likeness (QED) is 0.721. The third kappa shape index (κ3) is 1.48. The molecular weight excluding hydrogens is 176 g/mol. The molecule has 0 aliphatic heterocycles. The highest BCUT2D eigenvalue weighted by atomic mass is 16.5. The minimum Gasteiger partial charge on any atom is -0.497 e. The van der Waals surface area contributed by atoms with Gasteiger partial charge >= 0.3 is 0 Å². The highest BCUT2D eigenvalue weighted by Gasteiger charge is 2.02. The number of hydrogen-bond donors (Lipinski definition) is 0. The van der Waals surface area contributed by atoms with Crippen LogP contribution in [0, 0.1) is 0 Å². The average molecular weight is 188 g/mol. The Balaban J connectivity index is 2.47. The van der Waals surface area contributed by atoms with Crippen LogP contribution < -0.4 is 4.74 Å². The molecule has 0 bridgehead atoms. The van der Waals surface area contributed by atoms with Crippen LogP contribution in [0.25, 0.3) is 11.3 Å². The summed E-state index contributed by atoms with van der Waals surface area (Å²) in [5.41, 5.74) is 2.20. The minimum atomic E-state index is 0.865. The van der Waals surface area contributed by atoms with Gasteiger partial charge in [-0.1, -0.05) is 12.1 Å². The highest BCUT2D eigenvalue weighted by Crippen LogP contribution is 2.22. The molecule has 1 heterocycles. The van der Waals surface area contributed by atoms with E-state index in [-0.39, 0.29) is 0 Å². The number of aryl methyl sites for hydroxylation is 1. The number of methoxy groups -OCH3 is 1. The lowest BCUT2D eigenvalue weighted by atomic mass is 10.1. The first-order valence-electron chi connectivity index (χ1n) is 4.43. The van der Waals surface area contributed by atoms with Crippen LogP contribution in [-0.4, -0.2) is 16.9 Å². The topological polar surface area (TPSA) is 27.1 Å². The van der Waals surface area contributed by atoms with Crippen molar-refractivity contribution >= 4 is 0 Å². The molecular formula is C11H12N2O. The SMILES string of the molecule is COc1cccc(-c2ccnn2C)c1. The van der Waals surface area contributed by atoms with Crippen LogP contribution in [0.2, 0.25) is 0 Å². The third-order valence-electron chi connectivity index (χ3n) is 2.19. The zero-order valence-corrected chi connectivity index (χ0v) is 8.27. The molecule has 0 atom stereocenters. The van der Waals surface area contributed by atoms with Crippen LogP contribution in [-0.2, 0) is 7.05 Å². The molecule has 72 valence electrons. The van der Waals surface area contributed by atoms with E-state index >= 15 is 0 Å². The Morgan fingerprint density at radius 1 is 1.29 bits per heavy atom. The Hall–Kier alpha value is -1.77. The standard InChI is InChI=1S/C11H12N2O/c1-13-11(6-7-12-13)9-4-3-5-10(8-9)14-2/h3-8H,1-2H3. The monoisotopic (exact) mass is 188 g/mol. The van der Waals surface area contributed by atoms with Crippen LogP contribution in [0.15, 0.2) is 36.5 Å². The fourth-order valence-electron chi connectivity index (χ4n) is 1.44. The minimum absolute atomic E-state index is 0.865. The summed E-state index contributed by atoms with van der Waals surface area (Å²) in [6.45, 7) is 0. The molecule has 0 saturated heterocycles. The van der Waals surface area contributed by atoms with Gasteiger partial charge in [0.1, 0.15) is 5.75 Å². The molecule has 14 heavy (non-hydrogen) atoms. The first kappa shape index (κ1) is 8.81. The second-order valence-corrected chi connectivity index (χ2v) is 3.07. The zero-order chi connectivity index (χ0) is 9.97. The van der Waals surface area contributed by atoms with Gasteiger partial charge in [-0.25, -0.2) is 0 Å². The van der Waals surface area contributed by atoms with Crippen LogP contribution in [0.4, 0.5) is 0 Å². The molecule has 0 radical (unpaired) electrons. The van der Waals surface area contributed by atoms with Gasteiger partial charge in [0.2, 0.25) is 0 Å². The van der Waals surface area contributed by atoms with Crippen LogP contribution in [0.5, 0.6) is 5.75 Å². The lowest BCUT2D eigenvalue weighted by Gasteiger charge is -2.04. The van der Waals surface area contributed by atoms with E-state index in [2.05, 4.69) is 5.10 Å². The fraction of sp³-hybridized carbons (Fsp3) is 0.182. The molecule has 0 aliphatic rings. The van der Waals surface area contributed by atoms with Crippen molar-refractivity contribution in [1.82, 2.24) is 9.78 Å². The molecule has 1 aromatic heterocycles. The van der Waals surface area contributed by atoms with E-state index in [1.54, 1.807) is 13.3 Å². The van der Waals surface area contributed by atoms with Crippen molar-refractivity contribution in [2.75, 3.05) is 7.11 Å². The maximum absolute atomic E-state index is 5.16. The van der Waals surface area contributed by atoms with Gasteiger partial charge < -0.3 is 4.74 Å². The summed E-state index contributed by atoms with van der Waals surface area (Å²) in [4.78, 5) is 0. The molecule has 0 aliphatic carbocycles. The Morgan fingerprint density at radius 2 is 2.14 bits per heavy atom. The summed E-state index contributed by atoms with van der Waals surface area (Å²) in [5, 5.41) is 4.12. The molecule has 3 nitrogen and oxygen atoms in total. The van der Waals surface area contributed by atoms with Crippen LogP contribution in [0.3, 0.4) is 0 Å². The largest absolute Gasteiger partial charge is 0.497 e. The van der Waals surface area contributed by atoms with Crippen molar-refractivity contribution < 1.29 is 4.74 Å². The summed E-state index contributed by atoms with van der Waals surface area (Å²) in [7, 11) is 3.59. The van der Waals surface area contributed by atoms with Crippen molar-refractivity contribution in [3.05, 3.63) is 36.5 Å². The van der Waals surface area contributed by atoms with Gasteiger partial charge in [0.05, 0.1) is 12.8 Å². The average Bonchev–Trinajstić information content (AvgIpc) is 2.65. The van der Waals surface area contributed by atoms with Gasteiger partial charge in [0.25, 0.3) is 0 Å². The lowest BCUT2D eigenvalue weighted by molar-refractivity contribution is 0.415. The van der Waals surface area contributed by atoms with Crippen molar-refractivity contribution in [1.29, 1.82) is 0 Å². The fourth-order valence-corrected chi connectivity index (χ4v) is 1.44. The Labute approximate surface area is 82.9 Å². The summed E-state index contributed by atoms with van der Waals surface area (Å²) >= 11 is 0. The van der Waals surface area contributed by atoms with E-state index in [4.69, 9.17) is 4.74 Å². The number of nitrogens with zero attached hydrogens (tertiary/aromatic N) is 2. The first-order valence-corrected chi connectivity index (χ1v) is 4.43. The van der Waals surface area contributed by atoms with Gasteiger partial charge in [-0.3, -0.25) is 4.68 Å². The Kier molecular flexibility index (Phi) is 2.23. The predicted octanol–water partition coefficient (Wildman–Crippen LogP) is 2.10. The molecule has 2 rings (SSSR count). The summed E-state index contributed by atoms with van der Waals surface area (Å²) in [5.74, 6) is 0.865. The number of hydrogen-bond acceptors (Lipinski definition) is 2. The molecule has 0 saturated carbocycles. The van der Waals surface area contributed by atoms with Crippen LogP contribution in [0.1, 0.15) is 0 Å². The molecule has 3 heteroatoms. The van der Waals surface area contributed by atoms with E-state index in [9.17, 15) is 0 Å². The highest BCUT2D eigenvalue weighted by molar-refractivity contribution is 5.61. The van der Waals surface area contributed by atoms with Gasteiger partial charge in [-0.2, -0.15) is 5.10 Å². The zero-order valence-electron chi connectivity index (χ0n) is 8.27. The van der Waals surface area contributed by atoms with E-state index in [0.29, 0.717) is 0 Å². The van der Waals surface area contributed by atoms with E-state index in [0.717, 1.165) is 17.0 Å². The van der Waals surface area contributed by atoms with Crippen molar-refractivity contribution in [2.45, 2.75) is 0 Å². The van der Waals surface area contributed by atoms with Crippen molar-refractivity contribution in [3.8, 4) is 17.0 Å². The Bertz CT molecular complexity index is 434. The number of aromatic nitrogens is 2. The smallest absolute Gasteiger partial charge is 0.119 e. The number of rotatable bonds is 2. The van der Waals surface area contributed by atoms with Crippen molar-refractivity contribution in [2.24, 2.45) is 7.05 Å². The second kappa shape index (κ2) is 3.54. The molecule has 0 amide bonds. The molecule has 0 unspecified atom stereocenters. The number of benzene rings is 1. The predicted molar refractivity (Wildman–Crippen MR) is 55.2 cm³/mol. The summed E-state index contributed by atoms with van der Waals surface area (Å²) in [6.07, 6.45) is 1.79. The van der Waals surface area contributed by atoms with E-state index < -0.39 is 0 Å². The number of ether oxygens (including phenoxy) is 1. The second-order valence-electron chi connectivity index (χ2n) is 3.07. The van der Waals surface area contributed by atoms with Gasteiger partial charge in [-0.05, 0) is 18.2 Å². The van der Waals surface area contributed by atoms with Gasteiger partial charge in [0, 0.05) is 18.8 Å². The molecule has 0 N–H and O–H groups in total. The third-order valence-corrected chi connectivity index (χ3v) is 2.19. The summed E-state index contributed by atoms with van der Waals surface area (Å²) < 4.78 is 7.01. The molecule has 2 aromatic rings. The molecule has 0 fully saturated rings. The first-order chi connectivity index (χ1) is 6.81. The normalized spacial score (nSPS) is 10.1. The van der Waals surface area contributed by atoms with E-state index in [1.165, 1.54) is 0 Å². The maximum Gasteiger partial charge on any atom is 0.119 e. The van der Waals surface area contributed by atoms with Crippen molar-refractivity contribution in [3.63, 3.8) is 0 Å². The molecule has 1 aromatic carbocycles. The molecule has 0 spiro atoms. The van der Waals surface area contributed by atoms with Gasteiger partial charge in [0.15, 0.2) is 0 Å². The van der Waals surface area contributed by atoms with E-state index in [1.807, 2.05) is 42.1 Å².